The minimum atomic E-state index is -0.619. The van der Waals surface area contributed by atoms with Crippen molar-refractivity contribution in [3.8, 4) is 11.5 Å². The van der Waals surface area contributed by atoms with Gasteiger partial charge < -0.3 is 19.6 Å². The molecular weight excluding hydrogens is 312 g/mol. The molecule has 2 heterocycles. The first-order valence-electron chi connectivity index (χ1n) is 7.06. The number of benzene rings is 1. The van der Waals surface area contributed by atoms with E-state index < -0.39 is 5.97 Å². The summed E-state index contributed by atoms with van der Waals surface area (Å²) in [6, 6.07) is 10.1. The highest BCUT2D eigenvalue weighted by atomic mass is 16.7. The molecule has 0 bridgehead atoms. The van der Waals surface area contributed by atoms with E-state index in [1.165, 1.54) is 0 Å². The van der Waals surface area contributed by atoms with E-state index in [4.69, 9.17) is 19.6 Å². The van der Waals surface area contributed by atoms with Crippen LogP contribution in [-0.4, -0.2) is 22.1 Å². The van der Waals surface area contributed by atoms with Crippen LogP contribution in [0.5, 0.6) is 0 Å². The molecule has 122 valence electrons. The number of aryl methyl sites for hydroxylation is 2. The zero-order valence-corrected chi connectivity index (χ0v) is 13.0. The number of aromatic nitrogens is 2. The van der Waals surface area contributed by atoms with Gasteiger partial charge in [0.25, 0.3) is 0 Å². The lowest BCUT2D eigenvalue weighted by Gasteiger charge is -2.01. The Balaban J connectivity index is 1.86. The Kier molecular flexibility index (Phi) is 4.11. The number of carbonyl (C=O) groups excluding carboxylic acids is 1. The van der Waals surface area contributed by atoms with Gasteiger partial charge in [0.1, 0.15) is 5.76 Å². The third-order valence-corrected chi connectivity index (χ3v) is 3.22. The third kappa shape index (κ3) is 3.02. The first-order chi connectivity index (χ1) is 11.6. The summed E-state index contributed by atoms with van der Waals surface area (Å²) < 4.78 is 10.2. The predicted octanol–water partition coefficient (Wildman–Crippen LogP) is 2.42. The van der Waals surface area contributed by atoms with Crippen LogP contribution in [-0.2, 0) is 4.84 Å². The van der Waals surface area contributed by atoms with Crippen LogP contribution in [0, 0.1) is 13.8 Å². The molecule has 0 aliphatic heterocycles. The molecule has 0 unspecified atom stereocenters. The molecule has 8 heteroatoms. The maximum atomic E-state index is 11.9. The molecule has 3 rings (SSSR count). The Hall–Kier alpha value is -3.42. The Bertz CT molecular complexity index is 896. The molecule has 0 fully saturated rings. The minimum absolute atomic E-state index is 0.0475. The second kappa shape index (κ2) is 6.37. The van der Waals surface area contributed by atoms with Gasteiger partial charge in [-0.2, -0.15) is 0 Å². The van der Waals surface area contributed by atoms with Crippen LogP contribution in [0.1, 0.15) is 27.4 Å². The Labute approximate surface area is 136 Å². The van der Waals surface area contributed by atoms with Crippen LogP contribution >= 0.6 is 0 Å². The molecule has 24 heavy (non-hydrogen) atoms. The van der Waals surface area contributed by atoms with Crippen molar-refractivity contribution in [2.45, 2.75) is 13.8 Å². The van der Waals surface area contributed by atoms with Crippen LogP contribution in [0.2, 0.25) is 0 Å². The van der Waals surface area contributed by atoms with Gasteiger partial charge in [0.15, 0.2) is 17.3 Å². The van der Waals surface area contributed by atoms with Crippen molar-refractivity contribution in [3.63, 3.8) is 0 Å². The van der Waals surface area contributed by atoms with Crippen molar-refractivity contribution in [2.75, 3.05) is 0 Å². The lowest BCUT2D eigenvalue weighted by molar-refractivity contribution is 0.0516. The fraction of sp³-hybridized carbons (Fsp3) is 0.125. The largest absolute Gasteiger partial charge is 0.380 e. The highest BCUT2D eigenvalue weighted by molar-refractivity contribution is 6.03. The van der Waals surface area contributed by atoms with Gasteiger partial charge in [0, 0.05) is 6.07 Å². The minimum Gasteiger partial charge on any atom is -0.380 e. The highest BCUT2D eigenvalue weighted by Crippen LogP contribution is 2.25. The number of carbonyl (C=O) groups is 1. The first-order valence-corrected chi connectivity index (χ1v) is 7.06. The van der Waals surface area contributed by atoms with Gasteiger partial charge in [-0.1, -0.05) is 33.7 Å². The molecule has 0 amide bonds. The number of nitrogens with two attached hydrogens (primary N) is 1. The molecule has 1 aromatic carbocycles. The monoisotopic (exact) mass is 326 g/mol. The second-order valence-electron chi connectivity index (χ2n) is 5.02. The second-order valence-corrected chi connectivity index (χ2v) is 5.02. The van der Waals surface area contributed by atoms with Crippen LogP contribution in [0.15, 0.2) is 50.6 Å². The lowest BCUT2D eigenvalue weighted by Crippen LogP contribution is -2.16. The summed E-state index contributed by atoms with van der Waals surface area (Å²) in [5.74, 6) is 0.234. The SMILES string of the molecule is Cc1cc(-c2onc(C)c2/C(N)=N/OC(=O)c2ccccc2)no1. The fourth-order valence-electron chi connectivity index (χ4n) is 2.08. The van der Waals surface area contributed by atoms with Crippen molar-refractivity contribution in [1.82, 2.24) is 10.3 Å². The van der Waals surface area contributed by atoms with Crippen LogP contribution < -0.4 is 5.73 Å². The zero-order chi connectivity index (χ0) is 17.1. The fourth-order valence-corrected chi connectivity index (χ4v) is 2.08. The number of rotatable bonds is 4. The summed E-state index contributed by atoms with van der Waals surface area (Å²) in [5, 5.41) is 11.4. The van der Waals surface area contributed by atoms with Gasteiger partial charge in [-0.3, -0.25) is 0 Å². The normalized spacial score (nSPS) is 11.5. The molecular formula is C16H14N4O4. The lowest BCUT2D eigenvalue weighted by atomic mass is 10.1. The Morgan fingerprint density at radius 1 is 1.17 bits per heavy atom. The summed E-state index contributed by atoms with van der Waals surface area (Å²) in [4.78, 5) is 16.8. The van der Waals surface area contributed by atoms with Crippen molar-refractivity contribution < 1.29 is 18.7 Å². The van der Waals surface area contributed by atoms with E-state index in [9.17, 15) is 4.79 Å². The molecule has 3 aromatic rings. The zero-order valence-electron chi connectivity index (χ0n) is 13.0. The number of nitrogens with zero attached hydrogens (tertiary/aromatic N) is 3. The number of oxime groups is 1. The Morgan fingerprint density at radius 3 is 2.58 bits per heavy atom. The van der Waals surface area contributed by atoms with E-state index in [-0.39, 0.29) is 5.84 Å². The average molecular weight is 326 g/mol. The van der Waals surface area contributed by atoms with E-state index in [0.717, 1.165) is 0 Å². The highest BCUT2D eigenvalue weighted by Gasteiger charge is 2.22. The van der Waals surface area contributed by atoms with E-state index >= 15 is 0 Å². The van der Waals surface area contributed by atoms with Gasteiger partial charge in [-0.25, -0.2) is 4.79 Å². The van der Waals surface area contributed by atoms with E-state index in [0.29, 0.717) is 34.0 Å². The van der Waals surface area contributed by atoms with Gasteiger partial charge in [0.2, 0.25) is 0 Å². The van der Waals surface area contributed by atoms with Gasteiger partial charge in [-0.05, 0) is 26.0 Å². The van der Waals surface area contributed by atoms with Gasteiger partial charge >= 0.3 is 5.97 Å². The molecule has 0 saturated heterocycles. The van der Waals surface area contributed by atoms with Crippen LogP contribution in [0.3, 0.4) is 0 Å². The summed E-state index contributed by atoms with van der Waals surface area (Å²) >= 11 is 0. The number of amidine groups is 1. The third-order valence-electron chi connectivity index (χ3n) is 3.22. The molecule has 0 radical (unpaired) electrons. The van der Waals surface area contributed by atoms with Crippen molar-refractivity contribution in [1.29, 1.82) is 0 Å². The van der Waals surface area contributed by atoms with Gasteiger partial charge in [0.05, 0.1) is 16.8 Å². The molecule has 0 saturated carbocycles. The molecule has 8 nitrogen and oxygen atoms in total. The van der Waals surface area contributed by atoms with Gasteiger partial charge in [-0.15, -0.1) is 0 Å². The topological polar surface area (TPSA) is 117 Å². The molecule has 0 aliphatic carbocycles. The van der Waals surface area contributed by atoms with Crippen LogP contribution in [0.4, 0.5) is 0 Å². The first kappa shape index (κ1) is 15.5. The Morgan fingerprint density at radius 2 is 1.92 bits per heavy atom. The van der Waals surface area contributed by atoms with E-state index in [1.54, 1.807) is 50.2 Å². The quantitative estimate of drug-likeness (QED) is 0.338. The van der Waals surface area contributed by atoms with Crippen molar-refractivity contribution in [2.24, 2.45) is 10.9 Å². The number of hydrogen-bond acceptors (Lipinski definition) is 7. The summed E-state index contributed by atoms with van der Waals surface area (Å²) in [5.41, 5.74) is 7.60. The van der Waals surface area contributed by atoms with Crippen LogP contribution in [0.25, 0.3) is 11.5 Å². The van der Waals surface area contributed by atoms with Crippen molar-refractivity contribution >= 4 is 11.8 Å². The summed E-state index contributed by atoms with van der Waals surface area (Å²) in [7, 11) is 0. The maximum absolute atomic E-state index is 11.9. The molecule has 0 spiro atoms. The maximum Gasteiger partial charge on any atom is 0.365 e. The summed E-state index contributed by atoms with van der Waals surface area (Å²) in [6.07, 6.45) is 0. The van der Waals surface area contributed by atoms with Crippen molar-refractivity contribution in [3.05, 3.63) is 59.0 Å². The predicted molar refractivity (Wildman–Crippen MR) is 84.1 cm³/mol. The number of hydrogen-bond donors (Lipinski definition) is 1. The molecule has 0 aliphatic rings. The molecule has 0 atom stereocenters. The molecule has 2 aromatic heterocycles. The standard InChI is InChI=1S/C16H14N4O4/c1-9-8-12(19-22-9)14-13(10(2)18-23-14)15(17)20-24-16(21)11-6-4-3-5-7-11/h3-8H,1-2H3,(H2,17,20). The van der Waals surface area contributed by atoms with E-state index in [1.807, 2.05) is 0 Å². The molecule has 2 N–H and O–H groups in total. The smallest absolute Gasteiger partial charge is 0.365 e. The average Bonchev–Trinajstić information content (AvgIpc) is 3.18. The van der Waals surface area contributed by atoms with E-state index in [2.05, 4.69) is 15.5 Å². The summed E-state index contributed by atoms with van der Waals surface area (Å²) in [6.45, 7) is 3.44.